The highest BCUT2D eigenvalue weighted by atomic mass is 79.9. The molecule has 1 atom stereocenters. The minimum atomic E-state index is -0.712. The summed E-state index contributed by atoms with van der Waals surface area (Å²) in [5.41, 5.74) is 1.17. The third-order valence-electron chi connectivity index (χ3n) is 5.72. The molecule has 1 amide bonds. The van der Waals surface area contributed by atoms with Gasteiger partial charge in [0, 0.05) is 35.5 Å². The molecule has 2 aliphatic rings. The fraction of sp³-hybridized carbons (Fsp3) is 0.208. The van der Waals surface area contributed by atoms with Crippen molar-refractivity contribution < 1.29 is 24.2 Å². The SMILES string of the molecule is O=C1C(=O)N(CCCn2ccnc2)C(c2cccc(Br)c2)/C1=C(\O)c1ccc2c(c1)OCO2. The lowest BCUT2D eigenvalue weighted by Crippen LogP contribution is -2.31. The highest BCUT2D eigenvalue weighted by Crippen LogP contribution is 2.41. The van der Waals surface area contributed by atoms with Crippen LogP contribution < -0.4 is 9.47 Å². The van der Waals surface area contributed by atoms with E-state index >= 15 is 0 Å². The van der Waals surface area contributed by atoms with E-state index in [0.29, 0.717) is 36.6 Å². The molecule has 1 fully saturated rings. The summed E-state index contributed by atoms with van der Waals surface area (Å²) >= 11 is 3.47. The number of aromatic nitrogens is 2. The Morgan fingerprint density at radius 3 is 2.76 bits per heavy atom. The highest BCUT2D eigenvalue weighted by Gasteiger charge is 2.45. The summed E-state index contributed by atoms with van der Waals surface area (Å²) in [7, 11) is 0. The van der Waals surface area contributed by atoms with Gasteiger partial charge in [0.25, 0.3) is 11.7 Å². The van der Waals surface area contributed by atoms with E-state index in [-0.39, 0.29) is 18.1 Å². The van der Waals surface area contributed by atoms with E-state index in [4.69, 9.17) is 9.47 Å². The lowest BCUT2D eigenvalue weighted by Gasteiger charge is -2.25. The molecule has 3 aromatic rings. The predicted octanol–water partition coefficient (Wildman–Crippen LogP) is 3.89. The van der Waals surface area contributed by atoms with E-state index in [9.17, 15) is 14.7 Å². The lowest BCUT2D eigenvalue weighted by atomic mass is 9.95. The topological polar surface area (TPSA) is 93.9 Å². The molecule has 1 N–H and O–H groups in total. The first-order valence-electron chi connectivity index (χ1n) is 10.4. The number of ether oxygens (including phenoxy) is 2. The van der Waals surface area contributed by atoms with E-state index in [1.54, 1.807) is 30.7 Å². The van der Waals surface area contributed by atoms with Crippen molar-refractivity contribution in [3.63, 3.8) is 0 Å². The Kier molecular flexibility index (Phi) is 5.63. The average molecular weight is 510 g/mol. The van der Waals surface area contributed by atoms with Crippen molar-refractivity contribution in [3.05, 3.63) is 82.4 Å². The number of halogens is 1. The lowest BCUT2D eigenvalue weighted by molar-refractivity contribution is -0.139. The third kappa shape index (κ3) is 4.00. The molecular weight excluding hydrogens is 490 g/mol. The van der Waals surface area contributed by atoms with Gasteiger partial charge < -0.3 is 24.0 Å². The first kappa shape index (κ1) is 21.3. The minimum absolute atomic E-state index is 0.0552. The second-order valence-electron chi connectivity index (χ2n) is 7.77. The molecule has 0 saturated carbocycles. The highest BCUT2D eigenvalue weighted by molar-refractivity contribution is 9.10. The molecule has 8 nitrogen and oxygen atoms in total. The molecule has 2 aromatic carbocycles. The first-order chi connectivity index (χ1) is 16.0. The van der Waals surface area contributed by atoms with Crippen molar-refractivity contribution in [2.24, 2.45) is 0 Å². The van der Waals surface area contributed by atoms with Crippen LogP contribution in [0.15, 0.2) is 71.2 Å². The van der Waals surface area contributed by atoms with E-state index < -0.39 is 17.7 Å². The maximum atomic E-state index is 13.1. The fourth-order valence-electron chi connectivity index (χ4n) is 4.18. The summed E-state index contributed by atoms with van der Waals surface area (Å²) in [6, 6.07) is 11.6. The van der Waals surface area contributed by atoms with Crippen LogP contribution in [0.1, 0.15) is 23.6 Å². The van der Waals surface area contributed by atoms with Crippen molar-refractivity contribution in [1.82, 2.24) is 14.5 Å². The number of hydrogen-bond acceptors (Lipinski definition) is 6. The van der Waals surface area contributed by atoms with E-state index in [1.807, 2.05) is 35.0 Å². The number of fused-ring (bicyclic) bond motifs is 1. The number of ketones is 1. The summed E-state index contributed by atoms with van der Waals surface area (Å²) < 4.78 is 13.5. The number of aliphatic hydroxyl groups is 1. The van der Waals surface area contributed by atoms with Gasteiger partial charge in [-0.25, -0.2) is 4.98 Å². The van der Waals surface area contributed by atoms with Crippen LogP contribution in [0, 0.1) is 0 Å². The Morgan fingerprint density at radius 1 is 1.12 bits per heavy atom. The van der Waals surface area contributed by atoms with Crippen molar-refractivity contribution in [2.45, 2.75) is 19.0 Å². The van der Waals surface area contributed by atoms with Crippen LogP contribution in [-0.2, 0) is 16.1 Å². The van der Waals surface area contributed by atoms with E-state index in [2.05, 4.69) is 20.9 Å². The number of Topliss-reactive ketones (excluding diaryl/α,β-unsaturated/α-hetero) is 1. The van der Waals surface area contributed by atoms with Gasteiger partial charge in [-0.15, -0.1) is 0 Å². The maximum Gasteiger partial charge on any atom is 0.295 e. The summed E-state index contributed by atoms with van der Waals surface area (Å²) in [4.78, 5) is 31.7. The third-order valence-corrected chi connectivity index (χ3v) is 6.22. The summed E-state index contributed by atoms with van der Waals surface area (Å²) in [6.45, 7) is 1.09. The maximum absolute atomic E-state index is 13.1. The Morgan fingerprint density at radius 2 is 1.97 bits per heavy atom. The molecule has 1 aromatic heterocycles. The number of hydrogen-bond donors (Lipinski definition) is 1. The number of carbonyl (C=O) groups excluding carboxylic acids is 2. The molecule has 1 unspecified atom stereocenters. The van der Waals surface area contributed by atoms with Gasteiger partial charge in [0.1, 0.15) is 5.76 Å². The van der Waals surface area contributed by atoms with Crippen molar-refractivity contribution in [2.75, 3.05) is 13.3 Å². The van der Waals surface area contributed by atoms with Gasteiger partial charge in [-0.05, 0) is 42.3 Å². The Bertz CT molecular complexity index is 1250. The van der Waals surface area contributed by atoms with Crippen LogP contribution >= 0.6 is 15.9 Å². The normalized spacial score (nSPS) is 18.8. The van der Waals surface area contributed by atoms with Crippen LogP contribution in [-0.4, -0.2) is 44.6 Å². The Hall–Kier alpha value is -3.59. The summed E-state index contributed by atoms with van der Waals surface area (Å²) in [5, 5.41) is 11.2. The second kappa shape index (κ2) is 8.74. The van der Waals surface area contributed by atoms with Gasteiger partial charge in [0.2, 0.25) is 6.79 Å². The molecule has 0 bridgehead atoms. The Balaban J connectivity index is 1.54. The van der Waals surface area contributed by atoms with Gasteiger partial charge in [-0.2, -0.15) is 0 Å². The van der Waals surface area contributed by atoms with Crippen LogP contribution in [0.4, 0.5) is 0 Å². The van der Waals surface area contributed by atoms with Crippen molar-refractivity contribution in [3.8, 4) is 11.5 Å². The molecule has 33 heavy (non-hydrogen) atoms. The van der Waals surface area contributed by atoms with Crippen LogP contribution in [0.25, 0.3) is 5.76 Å². The molecule has 1 saturated heterocycles. The monoisotopic (exact) mass is 509 g/mol. The van der Waals surface area contributed by atoms with Gasteiger partial charge in [-0.3, -0.25) is 9.59 Å². The second-order valence-corrected chi connectivity index (χ2v) is 8.69. The zero-order valence-electron chi connectivity index (χ0n) is 17.5. The summed E-state index contributed by atoms with van der Waals surface area (Å²) in [5.74, 6) is -0.540. The minimum Gasteiger partial charge on any atom is -0.507 e. The molecule has 2 aliphatic heterocycles. The van der Waals surface area contributed by atoms with Crippen LogP contribution in [0.3, 0.4) is 0 Å². The standard InChI is InChI=1S/C24H20BrN3O5/c25-17-4-1-3-15(11-17)21-20(22(29)16-5-6-18-19(12-16)33-14-32-18)23(30)24(31)28(21)9-2-8-27-10-7-26-13-27/h1,3-7,10-13,21,29H,2,8-9,14H2/b22-20+. The number of benzene rings is 2. The molecule has 0 aliphatic carbocycles. The van der Waals surface area contributed by atoms with Gasteiger partial charge >= 0.3 is 0 Å². The summed E-state index contributed by atoms with van der Waals surface area (Å²) in [6.07, 6.45) is 5.87. The quantitative estimate of drug-likeness (QED) is 0.307. The fourth-order valence-corrected chi connectivity index (χ4v) is 4.59. The number of aryl methyl sites for hydroxylation is 1. The van der Waals surface area contributed by atoms with Gasteiger partial charge in [0.15, 0.2) is 11.5 Å². The van der Waals surface area contributed by atoms with Gasteiger partial charge in [0.05, 0.1) is 17.9 Å². The van der Waals surface area contributed by atoms with Crippen LogP contribution in [0.2, 0.25) is 0 Å². The number of likely N-dealkylation sites (tertiary alicyclic amines) is 1. The molecular formula is C24H20BrN3O5. The number of amides is 1. The molecule has 5 rings (SSSR count). The Labute approximate surface area is 198 Å². The molecule has 0 radical (unpaired) electrons. The number of nitrogens with zero attached hydrogens (tertiary/aromatic N) is 3. The molecule has 3 heterocycles. The van der Waals surface area contributed by atoms with Crippen LogP contribution in [0.5, 0.6) is 11.5 Å². The van der Waals surface area contributed by atoms with Gasteiger partial charge in [-0.1, -0.05) is 28.1 Å². The first-order valence-corrected chi connectivity index (χ1v) is 11.2. The number of aliphatic hydroxyl groups excluding tert-OH is 1. The smallest absolute Gasteiger partial charge is 0.295 e. The molecule has 0 spiro atoms. The number of imidazole rings is 1. The largest absolute Gasteiger partial charge is 0.507 e. The van der Waals surface area contributed by atoms with Crippen molar-refractivity contribution in [1.29, 1.82) is 0 Å². The van der Waals surface area contributed by atoms with E-state index in [1.165, 1.54) is 4.90 Å². The number of carbonyl (C=O) groups is 2. The van der Waals surface area contributed by atoms with E-state index in [0.717, 1.165) is 10.0 Å². The number of rotatable bonds is 6. The zero-order valence-corrected chi connectivity index (χ0v) is 19.1. The van der Waals surface area contributed by atoms with Crippen molar-refractivity contribution >= 4 is 33.4 Å². The molecule has 9 heteroatoms. The predicted molar refractivity (Wildman–Crippen MR) is 123 cm³/mol. The molecule has 168 valence electrons. The average Bonchev–Trinajstić information content (AvgIpc) is 3.55. The zero-order chi connectivity index (χ0) is 22.9.